The summed E-state index contributed by atoms with van der Waals surface area (Å²) in [5, 5.41) is 5.69. The van der Waals surface area contributed by atoms with Crippen molar-refractivity contribution >= 4 is 40.6 Å². The lowest BCUT2D eigenvalue weighted by Crippen LogP contribution is -2.34. The first-order valence-electron chi connectivity index (χ1n) is 8.60. The van der Waals surface area contributed by atoms with Crippen LogP contribution in [-0.2, 0) is 19.1 Å². The smallest absolute Gasteiger partial charge is 0.306 e. The topological polar surface area (TPSA) is 79.9 Å². The van der Waals surface area contributed by atoms with Crippen LogP contribution in [0.5, 0.6) is 0 Å². The number of carbonyl (C=O) groups is 2. The molecule has 7 nitrogen and oxygen atoms in total. The molecule has 0 bridgehead atoms. The molecule has 144 valence electrons. The number of carbonyl (C=O) groups excluding carboxylic acids is 2. The van der Waals surface area contributed by atoms with Crippen LogP contribution < -0.4 is 15.5 Å². The average molecular weight is 381 g/mol. The van der Waals surface area contributed by atoms with Gasteiger partial charge in [0.15, 0.2) is 5.11 Å². The second-order valence-corrected chi connectivity index (χ2v) is 5.84. The molecule has 0 radical (unpaired) electrons. The fourth-order valence-corrected chi connectivity index (χ4v) is 2.45. The van der Waals surface area contributed by atoms with Gasteiger partial charge in [0.2, 0.25) is 5.91 Å². The van der Waals surface area contributed by atoms with E-state index in [-0.39, 0.29) is 30.5 Å². The van der Waals surface area contributed by atoms with E-state index in [1.165, 1.54) is 7.11 Å². The lowest BCUT2D eigenvalue weighted by molar-refractivity contribution is -0.146. The third kappa shape index (κ3) is 8.26. The van der Waals surface area contributed by atoms with E-state index in [1.807, 2.05) is 24.3 Å². The molecule has 1 aromatic carbocycles. The molecule has 0 spiro atoms. The maximum atomic E-state index is 11.8. The van der Waals surface area contributed by atoms with Crippen LogP contribution in [0.1, 0.15) is 26.7 Å². The summed E-state index contributed by atoms with van der Waals surface area (Å²) in [7, 11) is 1.52. The molecule has 0 aliphatic carbocycles. The summed E-state index contributed by atoms with van der Waals surface area (Å²) in [5.74, 6) is -0.783. The highest BCUT2D eigenvalue weighted by molar-refractivity contribution is 7.80. The van der Waals surface area contributed by atoms with Crippen molar-refractivity contribution in [1.29, 1.82) is 0 Å². The third-order valence-electron chi connectivity index (χ3n) is 3.61. The van der Waals surface area contributed by atoms with E-state index in [9.17, 15) is 9.59 Å². The molecule has 0 unspecified atom stereocenters. The standard InChI is InChI=1S/C18H27N3O4S/c1-4-21(5-2)15-8-6-14(7-9-15)19-18(26)20-16(22)10-11-17(23)25-13-12-24-3/h6-9H,4-5,10-13H2,1-3H3,(H2,19,20,22,26). The molecule has 1 rings (SSSR count). The van der Waals surface area contributed by atoms with Crippen LogP contribution in [0.3, 0.4) is 0 Å². The van der Waals surface area contributed by atoms with Gasteiger partial charge in [-0.1, -0.05) is 0 Å². The Hall–Kier alpha value is -2.19. The number of nitrogens with zero attached hydrogens (tertiary/aromatic N) is 1. The molecular formula is C18H27N3O4S. The van der Waals surface area contributed by atoms with Gasteiger partial charge in [-0.15, -0.1) is 0 Å². The van der Waals surface area contributed by atoms with Gasteiger partial charge in [0.25, 0.3) is 0 Å². The van der Waals surface area contributed by atoms with Gasteiger partial charge < -0.3 is 25.0 Å². The van der Waals surface area contributed by atoms with Gasteiger partial charge >= 0.3 is 5.97 Å². The summed E-state index contributed by atoms with van der Waals surface area (Å²) in [6, 6.07) is 7.80. The van der Waals surface area contributed by atoms with Crippen LogP contribution in [0, 0.1) is 0 Å². The highest BCUT2D eigenvalue weighted by Crippen LogP contribution is 2.17. The van der Waals surface area contributed by atoms with Gasteiger partial charge in [-0.3, -0.25) is 9.59 Å². The maximum absolute atomic E-state index is 11.8. The van der Waals surface area contributed by atoms with Crippen LogP contribution in [0.2, 0.25) is 0 Å². The zero-order chi connectivity index (χ0) is 19.4. The lowest BCUT2D eigenvalue weighted by Gasteiger charge is -2.21. The maximum Gasteiger partial charge on any atom is 0.306 e. The first kappa shape index (κ1) is 21.9. The van der Waals surface area contributed by atoms with Crippen molar-refractivity contribution < 1.29 is 19.1 Å². The molecule has 0 heterocycles. The number of anilines is 2. The third-order valence-corrected chi connectivity index (χ3v) is 3.82. The summed E-state index contributed by atoms with van der Waals surface area (Å²) in [6.45, 7) is 6.60. The van der Waals surface area contributed by atoms with Crippen LogP contribution in [0.4, 0.5) is 11.4 Å². The molecule has 0 saturated carbocycles. The van der Waals surface area contributed by atoms with Crippen molar-refractivity contribution in [2.45, 2.75) is 26.7 Å². The molecule has 2 N–H and O–H groups in total. The van der Waals surface area contributed by atoms with Gasteiger partial charge in [0.05, 0.1) is 13.0 Å². The monoisotopic (exact) mass is 381 g/mol. The van der Waals surface area contributed by atoms with Crippen molar-refractivity contribution in [3.63, 3.8) is 0 Å². The molecular weight excluding hydrogens is 354 g/mol. The number of thiocarbonyl (C=S) groups is 1. The Morgan fingerprint density at radius 2 is 1.73 bits per heavy atom. The summed E-state index contributed by atoms with van der Waals surface area (Å²) in [4.78, 5) is 25.5. The number of methoxy groups -OCH3 is 1. The Morgan fingerprint density at radius 3 is 2.31 bits per heavy atom. The highest BCUT2D eigenvalue weighted by Gasteiger charge is 2.10. The molecule has 0 aromatic heterocycles. The number of amides is 1. The van der Waals surface area contributed by atoms with Crippen molar-refractivity contribution in [2.24, 2.45) is 0 Å². The minimum absolute atomic E-state index is 0.00325. The zero-order valence-corrected chi connectivity index (χ0v) is 16.4. The predicted octanol–water partition coefficient (Wildman–Crippen LogP) is 2.32. The molecule has 0 aliphatic heterocycles. The second kappa shape index (κ2) is 12.2. The number of rotatable bonds is 10. The largest absolute Gasteiger partial charge is 0.463 e. The van der Waals surface area contributed by atoms with Crippen LogP contribution >= 0.6 is 12.2 Å². The number of hydrogen-bond acceptors (Lipinski definition) is 6. The molecule has 0 atom stereocenters. The van der Waals surface area contributed by atoms with E-state index in [0.29, 0.717) is 6.61 Å². The van der Waals surface area contributed by atoms with Crippen LogP contribution in [-0.4, -0.2) is 50.4 Å². The average Bonchev–Trinajstić information content (AvgIpc) is 2.62. The van der Waals surface area contributed by atoms with Gasteiger partial charge in [-0.25, -0.2) is 0 Å². The minimum atomic E-state index is -0.442. The van der Waals surface area contributed by atoms with E-state index in [4.69, 9.17) is 21.7 Å². The first-order valence-corrected chi connectivity index (χ1v) is 9.01. The van der Waals surface area contributed by atoms with Crippen molar-refractivity contribution in [3.05, 3.63) is 24.3 Å². The lowest BCUT2D eigenvalue weighted by atomic mass is 10.2. The quantitative estimate of drug-likeness (QED) is 0.366. The zero-order valence-electron chi connectivity index (χ0n) is 15.5. The summed E-state index contributed by atoms with van der Waals surface area (Å²) >= 11 is 5.12. The number of esters is 1. The van der Waals surface area contributed by atoms with E-state index in [0.717, 1.165) is 24.5 Å². The highest BCUT2D eigenvalue weighted by atomic mass is 32.1. The van der Waals surface area contributed by atoms with Crippen molar-refractivity contribution in [2.75, 3.05) is 43.6 Å². The summed E-state index contributed by atoms with van der Waals surface area (Å²) in [5.41, 5.74) is 1.91. The Morgan fingerprint density at radius 1 is 1.08 bits per heavy atom. The van der Waals surface area contributed by atoms with Gasteiger partial charge in [0.1, 0.15) is 6.61 Å². The fourth-order valence-electron chi connectivity index (χ4n) is 2.22. The SMILES string of the molecule is CCN(CC)c1ccc(NC(=S)NC(=O)CCC(=O)OCCOC)cc1. The minimum Gasteiger partial charge on any atom is -0.463 e. The van der Waals surface area contributed by atoms with Gasteiger partial charge in [-0.2, -0.15) is 0 Å². The van der Waals surface area contributed by atoms with E-state index >= 15 is 0 Å². The van der Waals surface area contributed by atoms with Crippen LogP contribution in [0.15, 0.2) is 24.3 Å². The van der Waals surface area contributed by atoms with Crippen molar-refractivity contribution in [3.8, 4) is 0 Å². The molecule has 0 saturated heterocycles. The molecule has 26 heavy (non-hydrogen) atoms. The first-order chi connectivity index (χ1) is 12.5. The Bertz CT molecular complexity index is 589. The predicted molar refractivity (Wildman–Crippen MR) is 106 cm³/mol. The number of hydrogen-bond donors (Lipinski definition) is 2. The van der Waals surface area contributed by atoms with E-state index in [2.05, 4.69) is 29.4 Å². The molecule has 1 aromatic rings. The summed E-state index contributed by atoms with van der Waals surface area (Å²) < 4.78 is 9.66. The molecule has 0 aliphatic rings. The molecule has 8 heteroatoms. The summed E-state index contributed by atoms with van der Waals surface area (Å²) in [6.07, 6.45) is 0.00522. The molecule has 0 fully saturated rings. The van der Waals surface area contributed by atoms with Gasteiger partial charge in [0, 0.05) is 38.0 Å². The fraction of sp³-hybridized carbons (Fsp3) is 0.500. The van der Waals surface area contributed by atoms with Gasteiger partial charge in [-0.05, 0) is 50.3 Å². The van der Waals surface area contributed by atoms with Crippen LogP contribution in [0.25, 0.3) is 0 Å². The number of ether oxygens (including phenoxy) is 2. The Labute approximate surface area is 160 Å². The van der Waals surface area contributed by atoms with E-state index in [1.54, 1.807) is 0 Å². The Balaban J connectivity index is 2.36. The number of nitrogens with one attached hydrogen (secondary N) is 2. The second-order valence-electron chi connectivity index (χ2n) is 5.43. The van der Waals surface area contributed by atoms with E-state index < -0.39 is 5.97 Å². The van der Waals surface area contributed by atoms with Crippen molar-refractivity contribution in [1.82, 2.24) is 5.32 Å². The molecule has 1 amide bonds. The normalized spacial score (nSPS) is 10.1. The number of benzene rings is 1. The Kier molecular flexibility index (Phi) is 10.3.